The highest BCUT2D eigenvalue weighted by Crippen LogP contribution is 2.31. The van der Waals surface area contributed by atoms with Crippen LogP contribution in [0.15, 0.2) is 42.5 Å². The van der Waals surface area contributed by atoms with Crippen molar-refractivity contribution in [3.63, 3.8) is 0 Å². The molecule has 0 N–H and O–H groups in total. The summed E-state index contributed by atoms with van der Waals surface area (Å²) in [7, 11) is 0. The number of carbonyl (C=O) groups is 1. The largest absolute Gasteiger partial charge is 0.303 e. The van der Waals surface area contributed by atoms with E-state index in [0.29, 0.717) is 16.5 Å². The number of benzene rings is 2. The molecule has 0 aromatic heterocycles. The summed E-state index contributed by atoms with van der Waals surface area (Å²) in [5.74, 6) is 0. The summed E-state index contributed by atoms with van der Waals surface area (Å²) in [6, 6.07) is 13.0. The molecule has 0 atom stereocenters. The lowest BCUT2D eigenvalue weighted by Crippen LogP contribution is -1.91. The van der Waals surface area contributed by atoms with Crippen LogP contribution in [-0.4, -0.2) is 6.29 Å². The van der Waals surface area contributed by atoms with Crippen molar-refractivity contribution in [2.75, 3.05) is 0 Å². The Morgan fingerprint density at radius 3 is 2.47 bits per heavy atom. The lowest BCUT2D eigenvalue weighted by molar-refractivity contribution is -0.107. The first-order valence-electron chi connectivity index (χ1n) is 5.19. The van der Waals surface area contributed by atoms with Crippen LogP contribution in [0.4, 0.5) is 0 Å². The normalized spacial score (nSPS) is 10.2. The van der Waals surface area contributed by atoms with Crippen LogP contribution in [0.2, 0.25) is 10.0 Å². The minimum atomic E-state index is 0.334. The SMILES string of the molecule is O=CCc1cc(Cl)ccc1-c1ccccc1Cl. The minimum absolute atomic E-state index is 0.334. The van der Waals surface area contributed by atoms with Gasteiger partial charge in [0, 0.05) is 22.0 Å². The van der Waals surface area contributed by atoms with Crippen LogP contribution in [0.25, 0.3) is 11.1 Å². The molecule has 0 amide bonds. The van der Waals surface area contributed by atoms with Gasteiger partial charge in [0.15, 0.2) is 0 Å². The van der Waals surface area contributed by atoms with Crippen LogP contribution >= 0.6 is 23.2 Å². The molecule has 2 aromatic rings. The summed E-state index contributed by atoms with van der Waals surface area (Å²) in [6.07, 6.45) is 1.20. The average Bonchev–Trinajstić information content (AvgIpc) is 2.31. The Morgan fingerprint density at radius 2 is 1.76 bits per heavy atom. The van der Waals surface area contributed by atoms with E-state index in [1.807, 2.05) is 30.3 Å². The van der Waals surface area contributed by atoms with Gasteiger partial charge >= 0.3 is 0 Å². The Hall–Kier alpha value is -1.31. The molecule has 0 heterocycles. The zero-order valence-corrected chi connectivity index (χ0v) is 10.5. The van der Waals surface area contributed by atoms with Gasteiger partial charge in [0.05, 0.1) is 0 Å². The summed E-state index contributed by atoms with van der Waals surface area (Å²) < 4.78 is 0. The maximum Gasteiger partial charge on any atom is 0.124 e. The molecule has 0 spiro atoms. The molecule has 0 bridgehead atoms. The lowest BCUT2D eigenvalue weighted by Gasteiger charge is -2.09. The first-order valence-corrected chi connectivity index (χ1v) is 5.95. The molecule has 0 aliphatic heterocycles. The fourth-order valence-corrected chi connectivity index (χ4v) is 2.20. The Balaban J connectivity index is 2.58. The van der Waals surface area contributed by atoms with Crippen molar-refractivity contribution in [3.05, 3.63) is 58.1 Å². The van der Waals surface area contributed by atoms with Crippen molar-refractivity contribution in [1.29, 1.82) is 0 Å². The van der Waals surface area contributed by atoms with E-state index < -0.39 is 0 Å². The zero-order valence-electron chi connectivity index (χ0n) is 8.99. The van der Waals surface area contributed by atoms with Crippen LogP contribution < -0.4 is 0 Å². The second-order valence-corrected chi connectivity index (χ2v) is 4.50. The average molecular weight is 265 g/mol. The molecule has 0 radical (unpaired) electrons. The van der Waals surface area contributed by atoms with Gasteiger partial charge in [-0.25, -0.2) is 0 Å². The van der Waals surface area contributed by atoms with Gasteiger partial charge < -0.3 is 4.79 Å². The summed E-state index contributed by atoms with van der Waals surface area (Å²) in [5, 5.41) is 1.29. The Morgan fingerprint density at radius 1 is 1.00 bits per heavy atom. The standard InChI is InChI=1S/C14H10Cl2O/c15-11-5-6-12(10(9-11)7-8-17)13-3-1-2-4-14(13)16/h1-6,8-9H,7H2. The number of aldehydes is 1. The number of halogens is 2. The molecule has 0 fully saturated rings. The highest BCUT2D eigenvalue weighted by molar-refractivity contribution is 6.33. The van der Waals surface area contributed by atoms with Crippen molar-refractivity contribution in [1.82, 2.24) is 0 Å². The molecular formula is C14H10Cl2O. The molecule has 0 saturated heterocycles. The molecular weight excluding hydrogens is 255 g/mol. The first-order chi connectivity index (χ1) is 8.22. The predicted octanol–water partition coefficient (Wildman–Crippen LogP) is 4.40. The van der Waals surface area contributed by atoms with Gasteiger partial charge in [0.1, 0.15) is 6.29 Å². The fourth-order valence-electron chi connectivity index (χ4n) is 1.76. The van der Waals surface area contributed by atoms with E-state index in [4.69, 9.17) is 23.2 Å². The second kappa shape index (κ2) is 5.35. The van der Waals surface area contributed by atoms with Crippen molar-refractivity contribution in [2.24, 2.45) is 0 Å². The maximum absolute atomic E-state index is 10.7. The van der Waals surface area contributed by atoms with Crippen molar-refractivity contribution in [3.8, 4) is 11.1 Å². The van der Waals surface area contributed by atoms with Gasteiger partial charge in [0.25, 0.3) is 0 Å². The van der Waals surface area contributed by atoms with E-state index in [0.717, 1.165) is 23.0 Å². The number of carbonyl (C=O) groups excluding carboxylic acids is 1. The quantitative estimate of drug-likeness (QED) is 0.751. The van der Waals surface area contributed by atoms with Crippen molar-refractivity contribution >= 4 is 29.5 Å². The zero-order chi connectivity index (χ0) is 12.3. The van der Waals surface area contributed by atoms with Crippen LogP contribution in [0, 0.1) is 0 Å². The summed E-state index contributed by atoms with van der Waals surface area (Å²) in [6.45, 7) is 0. The molecule has 0 unspecified atom stereocenters. The molecule has 0 aliphatic rings. The van der Waals surface area contributed by atoms with Gasteiger partial charge in [-0.3, -0.25) is 0 Å². The van der Waals surface area contributed by atoms with Crippen LogP contribution in [0.1, 0.15) is 5.56 Å². The van der Waals surface area contributed by atoms with Crippen LogP contribution in [0.5, 0.6) is 0 Å². The molecule has 0 saturated carbocycles. The monoisotopic (exact) mass is 264 g/mol. The third-order valence-electron chi connectivity index (χ3n) is 2.53. The highest BCUT2D eigenvalue weighted by Gasteiger charge is 2.08. The second-order valence-electron chi connectivity index (χ2n) is 3.65. The number of rotatable bonds is 3. The van der Waals surface area contributed by atoms with E-state index >= 15 is 0 Å². The Labute approximate surface area is 110 Å². The molecule has 2 rings (SSSR count). The van der Waals surface area contributed by atoms with E-state index in [2.05, 4.69) is 0 Å². The Kier molecular flexibility index (Phi) is 3.82. The molecule has 2 aromatic carbocycles. The highest BCUT2D eigenvalue weighted by atomic mass is 35.5. The predicted molar refractivity (Wildman–Crippen MR) is 71.7 cm³/mol. The van der Waals surface area contributed by atoms with Gasteiger partial charge in [-0.15, -0.1) is 0 Å². The van der Waals surface area contributed by atoms with Crippen molar-refractivity contribution in [2.45, 2.75) is 6.42 Å². The lowest BCUT2D eigenvalue weighted by atomic mass is 9.98. The minimum Gasteiger partial charge on any atom is -0.303 e. The summed E-state index contributed by atoms with van der Waals surface area (Å²) in [4.78, 5) is 10.7. The van der Waals surface area contributed by atoms with E-state index in [9.17, 15) is 4.79 Å². The summed E-state index contributed by atoms with van der Waals surface area (Å²) in [5.41, 5.74) is 2.76. The maximum atomic E-state index is 10.7. The van der Waals surface area contributed by atoms with Gasteiger partial charge in [-0.2, -0.15) is 0 Å². The van der Waals surface area contributed by atoms with Crippen LogP contribution in [0.3, 0.4) is 0 Å². The topological polar surface area (TPSA) is 17.1 Å². The van der Waals surface area contributed by atoms with E-state index in [1.54, 1.807) is 12.1 Å². The molecule has 17 heavy (non-hydrogen) atoms. The number of hydrogen-bond donors (Lipinski definition) is 0. The smallest absolute Gasteiger partial charge is 0.124 e. The molecule has 86 valence electrons. The van der Waals surface area contributed by atoms with E-state index in [1.165, 1.54) is 0 Å². The van der Waals surface area contributed by atoms with Gasteiger partial charge in [-0.1, -0.05) is 47.5 Å². The molecule has 1 nitrogen and oxygen atoms in total. The Bertz CT molecular complexity index is 550. The van der Waals surface area contributed by atoms with Crippen molar-refractivity contribution < 1.29 is 4.79 Å². The van der Waals surface area contributed by atoms with E-state index in [-0.39, 0.29) is 0 Å². The fraction of sp³-hybridized carbons (Fsp3) is 0.0714. The first kappa shape index (κ1) is 12.2. The van der Waals surface area contributed by atoms with Gasteiger partial charge in [-0.05, 0) is 29.3 Å². The summed E-state index contributed by atoms with van der Waals surface area (Å²) >= 11 is 12.1. The van der Waals surface area contributed by atoms with Crippen LogP contribution in [-0.2, 0) is 11.2 Å². The number of hydrogen-bond acceptors (Lipinski definition) is 1. The molecule has 3 heteroatoms. The third kappa shape index (κ3) is 2.68. The third-order valence-corrected chi connectivity index (χ3v) is 3.10. The van der Waals surface area contributed by atoms with Gasteiger partial charge in [0.2, 0.25) is 0 Å². The molecule has 0 aliphatic carbocycles.